The van der Waals surface area contributed by atoms with E-state index in [9.17, 15) is 14.7 Å². The number of nitrogens with zero attached hydrogens (tertiary/aromatic N) is 5. The van der Waals surface area contributed by atoms with Crippen molar-refractivity contribution in [2.45, 2.75) is 66.3 Å². The van der Waals surface area contributed by atoms with Gasteiger partial charge in [0.15, 0.2) is 17.1 Å². The predicted molar refractivity (Wildman–Crippen MR) is 181 cm³/mol. The second kappa shape index (κ2) is 14.6. The van der Waals surface area contributed by atoms with E-state index in [4.69, 9.17) is 14.1 Å². The van der Waals surface area contributed by atoms with Crippen molar-refractivity contribution in [1.29, 1.82) is 0 Å². The summed E-state index contributed by atoms with van der Waals surface area (Å²) < 4.78 is 13.8. The lowest BCUT2D eigenvalue weighted by atomic mass is 10.0. The number of aromatic nitrogens is 4. The van der Waals surface area contributed by atoms with Crippen molar-refractivity contribution in [3.63, 3.8) is 0 Å². The van der Waals surface area contributed by atoms with Gasteiger partial charge in [-0.05, 0) is 37.1 Å². The van der Waals surface area contributed by atoms with Crippen LogP contribution < -0.4 is 15.6 Å². The normalized spacial score (nSPS) is 14.8. The molecule has 11 nitrogen and oxygen atoms in total. The molecule has 242 valence electrons. The summed E-state index contributed by atoms with van der Waals surface area (Å²) in [6.07, 6.45) is 9.32. The third-order valence-electron chi connectivity index (χ3n) is 8.05. The standard InChI is InChI=1S/C31H30N6O5.2C2H6/c1-18(38)26-11-20-16-33-31(35-30(20)37(26)22-4-2-3-5-22)34-21-10-19(15-32-17-21)24-12-23(39)13-25-27(40)14-28(42-29(24)25)36-6-8-41-9-7-36;2*1-2/h10-17,22,39H,2-9H2,1H3,(H,33,34,35);2*1-2H3. The molecule has 2 fully saturated rings. The van der Waals surface area contributed by atoms with E-state index in [0.29, 0.717) is 66.2 Å². The van der Waals surface area contributed by atoms with Crippen molar-refractivity contribution >= 4 is 45.3 Å². The van der Waals surface area contributed by atoms with Gasteiger partial charge in [-0.3, -0.25) is 14.6 Å². The van der Waals surface area contributed by atoms with Crippen LogP contribution in [0.2, 0.25) is 0 Å². The van der Waals surface area contributed by atoms with Crippen molar-refractivity contribution < 1.29 is 19.1 Å². The van der Waals surface area contributed by atoms with Gasteiger partial charge in [-0.1, -0.05) is 40.5 Å². The fourth-order valence-corrected chi connectivity index (χ4v) is 6.04. The average Bonchev–Trinajstić information content (AvgIpc) is 3.75. The number of pyridine rings is 1. The molecule has 4 aromatic heterocycles. The zero-order valence-corrected chi connectivity index (χ0v) is 27.2. The third kappa shape index (κ3) is 6.60. The van der Waals surface area contributed by atoms with Gasteiger partial charge in [-0.15, -0.1) is 0 Å². The van der Waals surface area contributed by atoms with Gasteiger partial charge in [0.05, 0.1) is 36.2 Å². The fourth-order valence-electron chi connectivity index (χ4n) is 6.04. The zero-order chi connectivity index (χ0) is 32.8. The number of nitrogens with one attached hydrogen (secondary N) is 1. The Morgan fingerprint density at radius 1 is 0.978 bits per heavy atom. The molecule has 2 aliphatic rings. The van der Waals surface area contributed by atoms with Crippen molar-refractivity contribution in [2.75, 3.05) is 36.5 Å². The summed E-state index contributed by atoms with van der Waals surface area (Å²) in [5, 5.41) is 14.8. The summed E-state index contributed by atoms with van der Waals surface area (Å²) >= 11 is 0. The molecular weight excluding hydrogens is 584 g/mol. The van der Waals surface area contributed by atoms with Gasteiger partial charge in [0.1, 0.15) is 17.0 Å². The zero-order valence-electron chi connectivity index (χ0n) is 27.2. The molecule has 0 bridgehead atoms. The number of hydrogen-bond donors (Lipinski definition) is 2. The van der Waals surface area contributed by atoms with E-state index in [-0.39, 0.29) is 28.4 Å². The van der Waals surface area contributed by atoms with Crippen molar-refractivity contribution in [1.82, 2.24) is 19.5 Å². The van der Waals surface area contributed by atoms with Crippen molar-refractivity contribution in [2.24, 2.45) is 0 Å². The second-order valence-corrected chi connectivity index (χ2v) is 10.9. The highest BCUT2D eigenvalue weighted by Crippen LogP contribution is 2.36. The van der Waals surface area contributed by atoms with Crippen LogP contribution in [0.5, 0.6) is 5.75 Å². The Bertz CT molecular complexity index is 1890. The topological polar surface area (TPSA) is 136 Å². The lowest BCUT2D eigenvalue weighted by Crippen LogP contribution is -2.36. The molecule has 2 N–H and O–H groups in total. The Balaban J connectivity index is 0.00000100. The number of phenols is 1. The molecule has 5 aromatic rings. The van der Waals surface area contributed by atoms with Crippen LogP contribution in [-0.4, -0.2) is 56.7 Å². The summed E-state index contributed by atoms with van der Waals surface area (Å²) in [7, 11) is 0. The minimum atomic E-state index is -0.242. The van der Waals surface area contributed by atoms with Gasteiger partial charge in [0.25, 0.3) is 0 Å². The molecule has 0 unspecified atom stereocenters. The maximum atomic E-state index is 13.1. The smallest absolute Gasteiger partial charge is 0.229 e. The van der Waals surface area contributed by atoms with Gasteiger partial charge >= 0.3 is 0 Å². The Hall–Kier alpha value is -4.77. The van der Waals surface area contributed by atoms with Crippen molar-refractivity contribution in [3.8, 4) is 16.9 Å². The number of fused-ring (bicyclic) bond motifs is 2. The molecule has 0 amide bonds. The Morgan fingerprint density at radius 2 is 1.72 bits per heavy atom. The first-order chi connectivity index (χ1) is 22.4. The molecule has 0 radical (unpaired) electrons. The minimum absolute atomic E-state index is 0.00748. The first kappa shape index (κ1) is 32.6. The quantitative estimate of drug-likeness (QED) is 0.185. The number of benzene rings is 1. The van der Waals surface area contributed by atoms with Crippen LogP contribution in [0.15, 0.2) is 58.1 Å². The van der Waals surface area contributed by atoms with Gasteiger partial charge in [-0.2, -0.15) is 4.98 Å². The fraction of sp³-hybridized carbons (Fsp3) is 0.400. The number of morpholine rings is 1. The molecule has 1 saturated heterocycles. The number of aromatic hydroxyl groups is 1. The largest absolute Gasteiger partial charge is 0.508 e. The van der Waals surface area contributed by atoms with Gasteiger partial charge in [0, 0.05) is 61.0 Å². The number of anilines is 3. The average molecular weight is 627 g/mol. The Kier molecular flexibility index (Phi) is 10.3. The van der Waals surface area contributed by atoms with Crippen LogP contribution in [0, 0.1) is 0 Å². The Labute approximate surface area is 268 Å². The molecule has 0 atom stereocenters. The van der Waals surface area contributed by atoms with Crippen LogP contribution in [0.25, 0.3) is 33.1 Å². The van der Waals surface area contributed by atoms with Crippen LogP contribution in [0.1, 0.15) is 76.8 Å². The second-order valence-electron chi connectivity index (χ2n) is 10.9. The molecule has 7 rings (SSSR count). The van der Waals surface area contributed by atoms with Crippen LogP contribution in [0.4, 0.5) is 17.5 Å². The number of Topliss-reactive ketones (excluding diaryl/α,β-unsaturated/α-hetero) is 1. The van der Waals surface area contributed by atoms with Gasteiger partial charge in [0.2, 0.25) is 5.95 Å². The van der Waals surface area contributed by atoms with E-state index in [1.165, 1.54) is 12.1 Å². The van der Waals surface area contributed by atoms with Crippen LogP contribution in [-0.2, 0) is 4.74 Å². The molecule has 5 heterocycles. The minimum Gasteiger partial charge on any atom is -0.508 e. The first-order valence-electron chi connectivity index (χ1n) is 16.2. The molecule has 0 spiro atoms. The summed E-state index contributed by atoms with van der Waals surface area (Å²) in [6, 6.07) is 8.39. The number of phenolic OH excluding ortho intramolecular Hbond substituents is 1. The maximum absolute atomic E-state index is 13.1. The number of carbonyl (C=O) groups is 1. The summed E-state index contributed by atoms with van der Waals surface area (Å²) in [5.41, 5.74) is 3.29. The highest BCUT2D eigenvalue weighted by Gasteiger charge is 2.25. The van der Waals surface area contributed by atoms with Crippen LogP contribution in [0.3, 0.4) is 0 Å². The lowest BCUT2D eigenvalue weighted by molar-refractivity contribution is 0.100. The summed E-state index contributed by atoms with van der Waals surface area (Å²) in [5.74, 6) is 0.788. The van der Waals surface area contributed by atoms with Gasteiger partial charge in [-0.25, -0.2) is 4.98 Å². The monoisotopic (exact) mass is 626 g/mol. The van der Waals surface area contributed by atoms with E-state index in [1.54, 1.807) is 31.6 Å². The van der Waals surface area contributed by atoms with E-state index in [0.717, 1.165) is 36.7 Å². The van der Waals surface area contributed by atoms with Gasteiger partial charge < -0.3 is 29.0 Å². The highest BCUT2D eigenvalue weighted by atomic mass is 16.5. The first-order valence-corrected chi connectivity index (χ1v) is 16.2. The number of hydrogen-bond acceptors (Lipinski definition) is 10. The van der Waals surface area contributed by atoms with Crippen LogP contribution >= 0.6 is 0 Å². The number of carbonyl (C=O) groups excluding carboxylic acids is 1. The summed E-state index contributed by atoms with van der Waals surface area (Å²) in [4.78, 5) is 41.2. The molecule has 1 aliphatic heterocycles. The molecule has 1 aliphatic carbocycles. The van der Waals surface area contributed by atoms with E-state index >= 15 is 0 Å². The maximum Gasteiger partial charge on any atom is 0.229 e. The Morgan fingerprint density at radius 3 is 2.43 bits per heavy atom. The number of ether oxygens (including phenoxy) is 1. The molecular formula is C35H42N6O5. The summed E-state index contributed by atoms with van der Waals surface area (Å²) in [6.45, 7) is 11.9. The van der Waals surface area contributed by atoms with Crippen molar-refractivity contribution in [3.05, 3.63) is 64.8 Å². The van der Waals surface area contributed by atoms with E-state index in [1.807, 2.05) is 44.7 Å². The third-order valence-corrected chi connectivity index (χ3v) is 8.05. The van der Waals surface area contributed by atoms with E-state index in [2.05, 4.69) is 19.9 Å². The molecule has 46 heavy (non-hydrogen) atoms. The number of rotatable bonds is 6. The molecule has 1 saturated carbocycles. The lowest BCUT2D eigenvalue weighted by Gasteiger charge is -2.27. The molecule has 1 aromatic carbocycles. The number of ketones is 1. The predicted octanol–water partition coefficient (Wildman–Crippen LogP) is 7.26. The SMILES string of the molecule is CC.CC.CC(=O)c1cc2cnc(Nc3cncc(-c4cc(O)cc5c(=O)cc(N6CCOCC6)oc45)c3)nc2n1C1CCCC1. The van der Waals surface area contributed by atoms with E-state index < -0.39 is 0 Å². The molecule has 11 heteroatoms. The highest BCUT2D eigenvalue weighted by molar-refractivity contribution is 5.98.